The number of amides is 2. The Morgan fingerprint density at radius 2 is 1.61 bits per heavy atom. The first kappa shape index (κ1) is 22.1. The summed E-state index contributed by atoms with van der Waals surface area (Å²) in [5.74, 6) is -0.910. The monoisotopic (exact) mass is 452 g/mol. The Bertz CT molecular complexity index is 1330. The van der Waals surface area contributed by atoms with Gasteiger partial charge in [0.1, 0.15) is 6.04 Å². The first-order valence-corrected chi connectivity index (χ1v) is 10.0. The highest BCUT2D eigenvalue weighted by Crippen LogP contribution is 2.30. The van der Waals surface area contributed by atoms with Gasteiger partial charge in [-0.15, -0.1) is 0 Å². The third-order valence-corrected chi connectivity index (χ3v) is 5.12. The van der Waals surface area contributed by atoms with Crippen molar-refractivity contribution in [3.8, 4) is 0 Å². The Hall–Kier alpha value is -4.14. The molecule has 0 saturated heterocycles. The summed E-state index contributed by atoms with van der Waals surface area (Å²) in [6, 6.07) is 17.4. The maximum absolute atomic E-state index is 12.9. The van der Waals surface area contributed by atoms with Crippen molar-refractivity contribution in [2.45, 2.75) is 19.1 Å². The number of hydrogen-bond donors (Lipinski definition) is 2. The number of nitrogens with zero attached hydrogens (tertiary/aromatic N) is 2. The number of carbonyl (C=O) groups excluding carboxylic acids is 2. The van der Waals surface area contributed by atoms with E-state index >= 15 is 0 Å². The molecule has 168 valence electrons. The number of aromatic nitrogens is 2. The Balaban J connectivity index is 1.47. The molecule has 2 N–H and O–H groups in total. The predicted octanol–water partition coefficient (Wildman–Crippen LogP) is 5.51. The number of fused-ring (bicyclic) bond motifs is 1. The van der Waals surface area contributed by atoms with Crippen LogP contribution in [-0.4, -0.2) is 21.4 Å². The zero-order valence-electron chi connectivity index (χ0n) is 17.4. The van der Waals surface area contributed by atoms with Crippen LogP contribution in [0.4, 0.5) is 24.5 Å². The molecule has 0 unspecified atom stereocenters. The molecule has 0 spiro atoms. The van der Waals surface area contributed by atoms with Crippen LogP contribution in [0.3, 0.4) is 0 Å². The van der Waals surface area contributed by atoms with E-state index in [-0.39, 0.29) is 17.2 Å². The third-order valence-electron chi connectivity index (χ3n) is 5.12. The molecule has 1 atom stereocenters. The van der Waals surface area contributed by atoms with Crippen LogP contribution in [0.1, 0.15) is 28.9 Å². The van der Waals surface area contributed by atoms with Crippen molar-refractivity contribution < 1.29 is 22.8 Å². The summed E-state index contributed by atoms with van der Waals surface area (Å²) in [4.78, 5) is 29.6. The molecule has 9 heteroatoms. The smallest absolute Gasteiger partial charge is 0.324 e. The van der Waals surface area contributed by atoms with Crippen molar-refractivity contribution in [3.05, 3.63) is 90.3 Å². The highest BCUT2D eigenvalue weighted by atomic mass is 19.4. The van der Waals surface area contributed by atoms with Gasteiger partial charge in [0.2, 0.25) is 5.91 Å². The lowest BCUT2D eigenvalue weighted by molar-refractivity contribution is -0.137. The number of para-hydroxylation sites is 2. The summed E-state index contributed by atoms with van der Waals surface area (Å²) in [6.07, 6.45) is -2.92. The molecule has 0 aliphatic carbocycles. The summed E-state index contributed by atoms with van der Waals surface area (Å²) in [7, 11) is 0. The van der Waals surface area contributed by atoms with Gasteiger partial charge in [0.05, 0.1) is 22.9 Å². The van der Waals surface area contributed by atoms with Crippen LogP contribution in [-0.2, 0) is 11.0 Å². The SMILES string of the molecule is C[C@H](C(=O)Nc1cccc(C(=O)Nc2cccc(C(F)(F)F)c2)c1)n1cnc2ccccc21. The number of halogens is 3. The predicted molar refractivity (Wildman–Crippen MR) is 119 cm³/mol. The molecule has 0 bridgehead atoms. The number of nitrogens with one attached hydrogen (secondary N) is 2. The van der Waals surface area contributed by atoms with Gasteiger partial charge in [0.15, 0.2) is 0 Å². The minimum atomic E-state index is -4.51. The molecule has 3 aromatic carbocycles. The highest BCUT2D eigenvalue weighted by Gasteiger charge is 2.30. The van der Waals surface area contributed by atoms with Gasteiger partial charge in [0.25, 0.3) is 5.91 Å². The van der Waals surface area contributed by atoms with Gasteiger partial charge in [-0.3, -0.25) is 9.59 Å². The second kappa shape index (κ2) is 8.78. The molecule has 1 aromatic heterocycles. The van der Waals surface area contributed by atoms with E-state index in [1.54, 1.807) is 30.0 Å². The second-order valence-electron chi connectivity index (χ2n) is 7.42. The second-order valence-corrected chi connectivity index (χ2v) is 7.42. The lowest BCUT2D eigenvalue weighted by atomic mass is 10.1. The highest BCUT2D eigenvalue weighted by molar-refractivity contribution is 6.05. The van der Waals surface area contributed by atoms with Gasteiger partial charge >= 0.3 is 6.18 Å². The van der Waals surface area contributed by atoms with Gasteiger partial charge in [-0.05, 0) is 55.5 Å². The molecular formula is C24H19F3N4O2. The number of carbonyl (C=O) groups is 2. The zero-order chi connectivity index (χ0) is 23.6. The third kappa shape index (κ3) is 4.87. The summed E-state index contributed by atoms with van der Waals surface area (Å²) in [5.41, 5.74) is 1.31. The molecule has 0 aliphatic heterocycles. The molecule has 6 nitrogen and oxygen atoms in total. The quantitative estimate of drug-likeness (QED) is 0.419. The maximum atomic E-state index is 12.9. The van der Waals surface area contributed by atoms with Gasteiger partial charge in [0, 0.05) is 16.9 Å². The van der Waals surface area contributed by atoms with Crippen molar-refractivity contribution >= 4 is 34.2 Å². The molecule has 0 radical (unpaired) electrons. The van der Waals surface area contributed by atoms with E-state index in [0.29, 0.717) is 5.69 Å². The molecular weight excluding hydrogens is 433 g/mol. The molecule has 0 aliphatic rings. The number of rotatable bonds is 5. The first-order chi connectivity index (χ1) is 15.7. The molecule has 0 saturated carbocycles. The molecule has 2 amide bonds. The maximum Gasteiger partial charge on any atom is 0.416 e. The van der Waals surface area contributed by atoms with E-state index in [0.717, 1.165) is 23.2 Å². The minimum Gasteiger partial charge on any atom is -0.324 e. The molecule has 4 aromatic rings. The van der Waals surface area contributed by atoms with E-state index in [4.69, 9.17) is 0 Å². The lowest BCUT2D eigenvalue weighted by Crippen LogP contribution is -2.23. The summed E-state index contributed by atoms with van der Waals surface area (Å²) in [5, 5.41) is 5.22. The van der Waals surface area contributed by atoms with E-state index < -0.39 is 23.7 Å². The first-order valence-electron chi connectivity index (χ1n) is 10.0. The number of benzene rings is 3. The van der Waals surface area contributed by atoms with Crippen molar-refractivity contribution in [3.63, 3.8) is 0 Å². The number of anilines is 2. The van der Waals surface area contributed by atoms with Crippen molar-refractivity contribution in [2.75, 3.05) is 10.6 Å². The Labute approximate surface area is 187 Å². The van der Waals surface area contributed by atoms with Crippen LogP contribution in [0.2, 0.25) is 0 Å². The molecule has 0 fully saturated rings. The summed E-state index contributed by atoms with van der Waals surface area (Å²) >= 11 is 0. The summed E-state index contributed by atoms with van der Waals surface area (Å²) < 4.78 is 40.4. The van der Waals surface area contributed by atoms with Crippen LogP contribution >= 0.6 is 0 Å². The number of alkyl halides is 3. The Kier molecular flexibility index (Phi) is 5.87. The van der Waals surface area contributed by atoms with Gasteiger partial charge < -0.3 is 15.2 Å². The van der Waals surface area contributed by atoms with Gasteiger partial charge in [-0.2, -0.15) is 13.2 Å². The van der Waals surface area contributed by atoms with Crippen LogP contribution in [0, 0.1) is 0 Å². The van der Waals surface area contributed by atoms with Gasteiger partial charge in [-0.25, -0.2) is 4.98 Å². The lowest BCUT2D eigenvalue weighted by Gasteiger charge is -2.15. The fourth-order valence-corrected chi connectivity index (χ4v) is 3.37. The number of hydrogen-bond acceptors (Lipinski definition) is 3. The fourth-order valence-electron chi connectivity index (χ4n) is 3.37. The van der Waals surface area contributed by atoms with Gasteiger partial charge in [-0.1, -0.05) is 24.3 Å². The topological polar surface area (TPSA) is 76.0 Å². The standard InChI is InChI=1S/C24H19F3N4O2/c1-15(31-14-28-20-10-2-3-11-21(20)31)22(32)29-18-8-4-6-16(12-18)23(33)30-19-9-5-7-17(13-19)24(25,26)27/h2-15H,1H3,(H,29,32)(H,30,33)/t15-/m1/s1. The van der Waals surface area contributed by atoms with Crippen LogP contribution < -0.4 is 10.6 Å². The number of imidazole rings is 1. The molecule has 4 rings (SSSR count). The molecule has 1 heterocycles. The zero-order valence-corrected chi connectivity index (χ0v) is 17.4. The van der Waals surface area contributed by atoms with Crippen LogP contribution in [0.25, 0.3) is 11.0 Å². The summed E-state index contributed by atoms with van der Waals surface area (Å²) in [6.45, 7) is 1.73. The van der Waals surface area contributed by atoms with Crippen molar-refractivity contribution in [2.24, 2.45) is 0 Å². The van der Waals surface area contributed by atoms with Crippen LogP contribution in [0.5, 0.6) is 0 Å². The Morgan fingerprint density at radius 3 is 2.36 bits per heavy atom. The largest absolute Gasteiger partial charge is 0.416 e. The van der Waals surface area contributed by atoms with E-state index in [9.17, 15) is 22.8 Å². The fraction of sp³-hybridized carbons (Fsp3) is 0.125. The van der Waals surface area contributed by atoms with Crippen molar-refractivity contribution in [1.82, 2.24) is 9.55 Å². The van der Waals surface area contributed by atoms with Crippen molar-refractivity contribution in [1.29, 1.82) is 0 Å². The van der Waals surface area contributed by atoms with E-state index in [1.807, 2.05) is 24.3 Å². The van der Waals surface area contributed by atoms with E-state index in [1.165, 1.54) is 24.3 Å². The average Bonchev–Trinajstić information content (AvgIpc) is 3.22. The molecule has 33 heavy (non-hydrogen) atoms. The average molecular weight is 452 g/mol. The van der Waals surface area contributed by atoms with Crippen LogP contribution in [0.15, 0.2) is 79.1 Å². The Morgan fingerprint density at radius 1 is 0.909 bits per heavy atom. The minimum absolute atomic E-state index is 0.0184. The van der Waals surface area contributed by atoms with E-state index in [2.05, 4.69) is 15.6 Å². The normalized spacial score (nSPS) is 12.4.